The third-order valence-corrected chi connectivity index (χ3v) is 3.94. The molecule has 0 fully saturated rings. The second kappa shape index (κ2) is 13.1. The molecule has 0 aliphatic carbocycles. The molecule has 5 unspecified atom stereocenters. The molecule has 15 heteroatoms. The lowest BCUT2D eigenvalue weighted by Crippen LogP contribution is -2.59. The molecule has 0 radical (unpaired) electrons. The maximum absolute atomic E-state index is 12.3. The van der Waals surface area contributed by atoms with Crippen molar-refractivity contribution in [2.45, 2.75) is 56.5 Å². The molecule has 0 saturated carbocycles. The third-order valence-electron chi connectivity index (χ3n) is 3.94. The van der Waals surface area contributed by atoms with Gasteiger partial charge in [0.25, 0.3) is 0 Å². The fourth-order valence-corrected chi connectivity index (χ4v) is 2.15. The van der Waals surface area contributed by atoms with Crippen molar-refractivity contribution in [3.63, 3.8) is 0 Å². The maximum atomic E-state index is 12.3. The Morgan fingerprint density at radius 2 is 1.35 bits per heavy atom. The monoisotopic (exact) mass is 449 g/mol. The third kappa shape index (κ3) is 10.3. The van der Waals surface area contributed by atoms with E-state index in [9.17, 15) is 39.0 Å². The molecular weight excluding hydrogens is 422 g/mol. The number of hydrogen-bond acceptors (Lipinski definition) is 9. The van der Waals surface area contributed by atoms with Crippen molar-refractivity contribution in [1.82, 2.24) is 16.0 Å². The molecule has 0 spiro atoms. The first-order valence-corrected chi connectivity index (χ1v) is 8.98. The molecule has 4 amide bonds. The van der Waals surface area contributed by atoms with Crippen LogP contribution in [-0.4, -0.2) is 92.9 Å². The molecule has 11 N–H and O–H groups in total. The minimum absolute atomic E-state index is 0.378. The highest BCUT2D eigenvalue weighted by Gasteiger charge is 2.32. The molecule has 5 atom stereocenters. The molecular formula is C16H27N5O10. The summed E-state index contributed by atoms with van der Waals surface area (Å²) in [5, 5.41) is 42.7. The number of carboxylic acid groups (broad SMARTS) is 2. The van der Waals surface area contributed by atoms with Crippen LogP contribution in [0.2, 0.25) is 0 Å². The highest BCUT2D eigenvalue weighted by Crippen LogP contribution is 2.02. The Morgan fingerprint density at radius 1 is 0.871 bits per heavy atom. The van der Waals surface area contributed by atoms with Crippen LogP contribution in [0.1, 0.15) is 26.2 Å². The Labute approximate surface area is 176 Å². The van der Waals surface area contributed by atoms with Crippen LogP contribution < -0.4 is 27.4 Å². The lowest BCUT2D eigenvalue weighted by Gasteiger charge is -2.24. The number of carbonyl (C=O) groups is 6. The van der Waals surface area contributed by atoms with Gasteiger partial charge in [0.2, 0.25) is 23.6 Å². The molecule has 0 rings (SSSR count). The van der Waals surface area contributed by atoms with E-state index in [2.05, 4.69) is 0 Å². The van der Waals surface area contributed by atoms with E-state index in [1.54, 1.807) is 0 Å². The molecule has 0 heterocycles. The van der Waals surface area contributed by atoms with Crippen molar-refractivity contribution in [2.75, 3.05) is 6.61 Å². The number of aliphatic carboxylic acids is 2. The van der Waals surface area contributed by atoms with Crippen molar-refractivity contribution in [1.29, 1.82) is 0 Å². The van der Waals surface area contributed by atoms with Crippen LogP contribution in [0.25, 0.3) is 0 Å². The van der Waals surface area contributed by atoms with Gasteiger partial charge in [-0.25, -0.2) is 4.79 Å². The minimum atomic E-state index is -1.78. The van der Waals surface area contributed by atoms with Crippen molar-refractivity contribution in [3.8, 4) is 0 Å². The number of primary amides is 1. The molecule has 0 bridgehead atoms. The van der Waals surface area contributed by atoms with Crippen LogP contribution in [0.15, 0.2) is 0 Å². The van der Waals surface area contributed by atoms with Gasteiger partial charge < -0.3 is 47.8 Å². The highest BCUT2D eigenvalue weighted by atomic mass is 16.4. The van der Waals surface area contributed by atoms with E-state index in [0.29, 0.717) is 0 Å². The van der Waals surface area contributed by atoms with Crippen molar-refractivity contribution in [2.24, 2.45) is 11.5 Å². The number of nitrogens with one attached hydrogen (secondary N) is 3. The standard InChI is InChI=1S/C16H27N5O10/c1-6(23)12(18)15(29)21-9(5-22)14(28)20-8(4-11(25)26)13(27)19-7(16(30)31)2-3-10(17)24/h6-9,12,22-23H,2-5,18H2,1H3,(H2,17,24)(H,19,27)(H,20,28)(H,21,29)(H,25,26)(H,30,31). The zero-order valence-electron chi connectivity index (χ0n) is 16.6. The van der Waals surface area contributed by atoms with Gasteiger partial charge in [-0.05, 0) is 13.3 Å². The quantitative estimate of drug-likeness (QED) is 0.121. The number of aliphatic hydroxyl groups is 2. The van der Waals surface area contributed by atoms with Gasteiger partial charge in [0.1, 0.15) is 24.2 Å². The van der Waals surface area contributed by atoms with E-state index in [4.69, 9.17) is 21.7 Å². The molecule has 0 aliphatic heterocycles. The predicted octanol–water partition coefficient (Wildman–Crippen LogP) is -5.03. The number of carboxylic acids is 2. The normalized spacial score (nSPS) is 15.5. The Kier molecular flexibility index (Phi) is 11.7. The summed E-state index contributed by atoms with van der Waals surface area (Å²) in [5.74, 6) is -7.24. The molecule has 176 valence electrons. The fourth-order valence-electron chi connectivity index (χ4n) is 2.15. The van der Waals surface area contributed by atoms with Gasteiger partial charge >= 0.3 is 11.9 Å². The average molecular weight is 449 g/mol. The maximum Gasteiger partial charge on any atom is 0.326 e. The molecule has 0 aromatic rings. The fraction of sp³-hybridized carbons (Fsp3) is 0.625. The predicted molar refractivity (Wildman–Crippen MR) is 101 cm³/mol. The Bertz CT molecular complexity index is 698. The average Bonchev–Trinajstić information content (AvgIpc) is 2.66. The van der Waals surface area contributed by atoms with Gasteiger partial charge in [0.05, 0.1) is 19.1 Å². The van der Waals surface area contributed by atoms with Crippen molar-refractivity contribution >= 4 is 35.6 Å². The molecule has 0 aromatic heterocycles. The summed E-state index contributed by atoms with van der Waals surface area (Å²) in [7, 11) is 0. The smallest absolute Gasteiger partial charge is 0.326 e. The van der Waals surface area contributed by atoms with E-state index >= 15 is 0 Å². The Morgan fingerprint density at radius 3 is 1.77 bits per heavy atom. The van der Waals surface area contributed by atoms with Crippen LogP contribution in [-0.2, 0) is 28.8 Å². The summed E-state index contributed by atoms with van der Waals surface area (Å²) in [4.78, 5) is 69.6. The van der Waals surface area contributed by atoms with E-state index < -0.39 is 78.9 Å². The van der Waals surface area contributed by atoms with E-state index in [0.717, 1.165) is 0 Å². The number of hydrogen-bond donors (Lipinski definition) is 9. The summed E-state index contributed by atoms with van der Waals surface area (Å²) < 4.78 is 0. The van der Waals surface area contributed by atoms with Crippen molar-refractivity contribution in [3.05, 3.63) is 0 Å². The van der Waals surface area contributed by atoms with Gasteiger partial charge in [0, 0.05) is 6.42 Å². The lowest BCUT2D eigenvalue weighted by atomic mass is 10.1. The molecule has 15 nitrogen and oxygen atoms in total. The first kappa shape index (κ1) is 27.7. The lowest BCUT2D eigenvalue weighted by molar-refractivity contribution is -0.144. The van der Waals surface area contributed by atoms with Gasteiger partial charge in [-0.15, -0.1) is 0 Å². The minimum Gasteiger partial charge on any atom is -0.481 e. The number of nitrogens with two attached hydrogens (primary N) is 2. The van der Waals surface area contributed by atoms with Crippen LogP contribution in [0.5, 0.6) is 0 Å². The SMILES string of the molecule is CC(O)C(N)C(=O)NC(CO)C(=O)NC(CC(=O)O)C(=O)NC(CCC(N)=O)C(=O)O. The van der Waals surface area contributed by atoms with Gasteiger partial charge in [-0.1, -0.05) is 0 Å². The number of aliphatic hydroxyl groups excluding tert-OH is 2. The van der Waals surface area contributed by atoms with Crippen LogP contribution in [0.4, 0.5) is 0 Å². The number of amides is 4. The first-order chi connectivity index (χ1) is 14.3. The van der Waals surface area contributed by atoms with Gasteiger partial charge in [0.15, 0.2) is 0 Å². The zero-order chi connectivity index (χ0) is 24.3. The summed E-state index contributed by atoms with van der Waals surface area (Å²) in [6.07, 6.45) is -2.99. The van der Waals surface area contributed by atoms with E-state index in [1.807, 2.05) is 16.0 Å². The van der Waals surface area contributed by atoms with Gasteiger partial charge in [-0.2, -0.15) is 0 Å². The highest BCUT2D eigenvalue weighted by molar-refractivity contribution is 5.95. The van der Waals surface area contributed by atoms with Gasteiger partial charge in [-0.3, -0.25) is 24.0 Å². The van der Waals surface area contributed by atoms with E-state index in [1.165, 1.54) is 6.92 Å². The van der Waals surface area contributed by atoms with Crippen LogP contribution in [0.3, 0.4) is 0 Å². The number of carbonyl (C=O) groups excluding carboxylic acids is 4. The summed E-state index contributed by atoms with van der Waals surface area (Å²) in [5.41, 5.74) is 10.3. The topological polar surface area (TPSA) is 271 Å². The first-order valence-electron chi connectivity index (χ1n) is 8.98. The second-order valence-corrected chi connectivity index (χ2v) is 6.57. The summed E-state index contributed by atoms with van der Waals surface area (Å²) in [6.45, 7) is 0.254. The molecule has 0 aliphatic rings. The largest absolute Gasteiger partial charge is 0.481 e. The summed E-state index contributed by atoms with van der Waals surface area (Å²) in [6, 6.07) is -6.45. The van der Waals surface area contributed by atoms with Crippen LogP contribution in [0, 0.1) is 0 Å². The Balaban J connectivity index is 5.31. The van der Waals surface area contributed by atoms with E-state index in [-0.39, 0.29) is 12.8 Å². The van der Waals surface area contributed by atoms with Crippen LogP contribution >= 0.6 is 0 Å². The zero-order valence-corrected chi connectivity index (χ0v) is 16.6. The second-order valence-electron chi connectivity index (χ2n) is 6.57. The molecule has 0 aromatic carbocycles. The summed E-state index contributed by atoms with van der Waals surface area (Å²) >= 11 is 0. The number of rotatable bonds is 14. The Hall–Kier alpha value is -3.30. The molecule has 0 saturated heterocycles. The van der Waals surface area contributed by atoms with Crippen molar-refractivity contribution < 1.29 is 49.2 Å². The molecule has 31 heavy (non-hydrogen) atoms.